The summed E-state index contributed by atoms with van der Waals surface area (Å²) in [4.78, 5) is 20.8. The molecule has 4 aromatic heterocycles. The van der Waals surface area contributed by atoms with Crippen LogP contribution in [0.25, 0.3) is 28.0 Å². The predicted octanol–water partition coefficient (Wildman–Crippen LogP) is 3.60. The number of halogens is 2. The molecule has 1 aliphatic carbocycles. The third kappa shape index (κ3) is 4.32. The van der Waals surface area contributed by atoms with E-state index in [9.17, 15) is 14.3 Å². The molecular weight excluding hydrogens is 515 g/mol. The van der Waals surface area contributed by atoms with Crippen molar-refractivity contribution in [2.75, 3.05) is 12.3 Å². The van der Waals surface area contributed by atoms with Crippen LogP contribution < -0.4 is 10.3 Å². The number of nitrogens with zero attached hydrogens (tertiary/aromatic N) is 5. The van der Waals surface area contributed by atoms with Gasteiger partial charge in [-0.15, -0.1) is 0 Å². The number of hydrogen-bond donors (Lipinski definition) is 2. The molecule has 0 aromatic carbocycles. The van der Waals surface area contributed by atoms with Crippen LogP contribution in [0.4, 0.5) is 10.2 Å². The van der Waals surface area contributed by atoms with Gasteiger partial charge in [0.2, 0.25) is 5.69 Å². The lowest BCUT2D eigenvalue weighted by atomic mass is 9.78. The van der Waals surface area contributed by atoms with Crippen molar-refractivity contribution in [2.24, 2.45) is 13.0 Å². The maximum atomic E-state index is 13.7. The minimum absolute atomic E-state index is 0.0890. The van der Waals surface area contributed by atoms with E-state index >= 15 is 0 Å². The summed E-state index contributed by atoms with van der Waals surface area (Å²) in [7, 11) is 1.89. The van der Waals surface area contributed by atoms with Gasteiger partial charge >= 0.3 is 0 Å². The second kappa shape index (κ2) is 9.43. The quantitative estimate of drug-likeness (QED) is 0.375. The van der Waals surface area contributed by atoms with Gasteiger partial charge in [0.05, 0.1) is 39.3 Å². The fourth-order valence-electron chi connectivity index (χ4n) is 4.92. The number of aliphatic hydroxyl groups is 1. The van der Waals surface area contributed by atoms with E-state index in [1.165, 1.54) is 12.3 Å². The highest BCUT2D eigenvalue weighted by molar-refractivity contribution is 9.10. The Morgan fingerprint density at radius 3 is 2.69 bits per heavy atom. The van der Waals surface area contributed by atoms with Crippen LogP contribution in [0.1, 0.15) is 37.3 Å². The molecule has 0 unspecified atom stereocenters. The van der Waals surface area contributed by atoms with Gasteiger partial charge in [0.15, 0.2) is 17.6 Å². The van der Waals surface area contributed by atoms with Crippen molar-refractivity contribution >= 4 is 33.2 Å². The minimum Gasteiger partial charge on any atom is -0.389 e. The lowest BCUT2D eigenvalue weighted by Gasteiger charge is -2.27. The lowest BCUT2D eigenvalue weighted by molar-refractivity contribution is -0.659. The molecule has 0 radical (unpaired) electrons. The molecule has 35 heavy (non-hydrogen) atoms. The first-order valence-electron chi connectivity index (χ1n) is 11.4. The van der Waals surface area contributed by atoms with Crippen molar-refractivity contribution in [3.8, 4) is 22.4 Å². The fourth-order valence-corrected chi connectivity index (χ4v) is 5.50. The number of aliphatic hydroxyl groups excluding tert-OH is 1. The number of pyridine rings is 2. The van der Waals surface area contributed by atoms with Crippen LogP contribution in [0.5, 0.6) is 0 Å². The highest BCUT2D eigenvalue weighted by atomic mass is 79.9. The van der Waals surface area contributed by atoms with Crippen molar-refractivity contribution in [3.63, 3.8) is 0 Å². The van der Waals surface area contributed by atoms with Gasteiger partial charge in [0, 0.05) is 24.1 Å². The highest BCUT2D eigenvalue weighted by Crippen LogP contribution is 2.40. The Hall–Kier alpha value is -3.24. The number of nitrogens with two attached hydrogens (primary N) is 1. The molecule has 180 valence electrons. The van der Waals surface area contributed by atoms with Crippen molar-refractivity contribution in [1.82, 2.24) is 19.6 Å². The van der Waals surface area contributed by atoms with E-state index in [1.54, 1.807) is 16.9 Å². The third-order valence-electron chi connectivity index (χ3n) is 6.82. The number of nitrogen functional groups attached to an aromatic ring is 1. The predicted molar refractivity (Wildman–Crippen MR) is 132 cm³/mol. The fraction of sp³-hybridized carbons (Fsp3) is 0.320. The van der Waals surface area contributed by atoms with Crippen molar-refractivity contribution < 1.29 is 18.9 Å². The summed E-state index contributed by atoms with van der Waals surface area (Å²) >= 11 is 3.62. The topological polar surface area (TPSA) is 110 Å². The summed E-state index contributed by atoms with van der Waals surface area (Å²) in [5.74, 6) is 0.0572. The minimum atomic E-state index is -0.401. The highest BCUT2D eigenvalue weighted by Gasteiger charge is 2.30. The van der Waals surface area contributed by atoms with Crippen LogP contribution in [-0.4, -0.2) is 37.1 Å². The van der Waals surface area contributed by atoms with Crippen molar-refractivity contribution in [1.29, 1.82) is 0 Å². The molecule has 10 heteroatoms. The molecular formula is C25H25BrFN6O2+. The van der Waals surface area contributed by atoms with Gasteiger partial charge < -0.3 is 10.8 Å². The number of rotatable bonds is 5. The molecule has 0 spiro atoms. The number of fused-ring (bicyclic) bond motifs is 1. The van der Waals surface area contributed by atoms with E-state index in [0.29, 0.717) is 17.0 Å². The largest absolute Gasteiger partial charge is 0.389 e. The summed E-state index contributed by atoms with van der Waals surface area (Å²) in [6, 6.07) is 5.31. The Kier molecular flexibility index (Phi) is 6.33. The second-order valence-corrected chi connectivity index (χ2v) is 9.76. The SMILES string of the molecule is C[n+]1cc(-c2cnn3c(N)c(Br)c(C4CCC(C(=O)CO)CC4)nc23)ccc1-c1cncc(F)c1. The van der Waals surface area contributed by atoms with Crippen molar-refractivity contribution in [3.05, 3.63) is 59.0 Å². The van der Waals surface area contributed by atoms with Gasteiger partial charge in [-0.3, -0.25) is 9.78 Å². The number of aromatic nitrogens is 5. The van der Waals surface area contributed by atoms with Crippen LogP contribution in [0.2, 0.25) is 0 Å². The average molecular weight is 540 g/mol. The summed E-state index contributed by atoms with van der Waals surface area (Å²) in [6.07, 6.45) is 9.54. The first kappa shape index (κ1) is 23.5. The molecule has 0 atom stereocenters. The van der Waals surface area contributed by atoms with Crippen LogP contribution in [-0.2, 0) is 11.8 Å². The molecule has 5 rings (SSSR count). The maximum absolute atomic E-state index is 13.7. The van der Waals surface area contributed by atoms with Crippen LogP contribution >= 0.6 is 15.9 Å². The molecule has 0 aliphatic heterocycles. The number of carbonyl (C=O) groups is 1. The van der Waals surface area contributed by atoms with Gasteiger partial charge in [-0.05, 0) is 53.7 Å². The molecule has 0 saturated heterocycles. The molecule has 0 amide bonds. The zero-order chi connectivity index (χ0) is 24.7. The molecule has 3 N–H and O–H groups in total. The number of anilines is 1. The zero-order valence-corrected chi connectivity index (χ0v) is 20.7. The van der Waals surface area contributed by atoms with Gasteiger partial charge in [0.1, 0.15) is 25.3 Å². The summed E-state index contributed by atoms with van der Waals surface area (Å²) in [6.45, 7) is -0.401. The standard InChI is InChI=1S/C25H25BrFN6O2/c1-32-12-16(6-7-20(32)17-8-18(27)10-29-9-17)19-11-30-33-24(28)22(26)23(31-25(19)33)15-4-2-14(3-5-15)21(35)13-34/h6-12,14-15,34H,2-5,13,28H2,1H3/q+1. The summed E-state index contributed by atoms with van der Waals surface area (Å²) < 4.78 is 17.9. The van der Waals surface area contributed by atoms with E-state index < -0.39 is 6.61 Å². The van der Waals surface area contributed by atoms with E-state index in [4.69, 9.17) is 10.7 Å². The Morgan fingerprint density at radius 2 is 2.00 bits per heavy atom. The van der Waals surface area contributed by atoms with Crippen molar-refractivity contribution in [2.45, 2.75) is 31.6 Å². The van der Waals surface area contributed by atoms with Gasteiger partial charge in [-0.1, -0.05) is 0 Å². The lowest BCUT2D eigenvalue weighted by Crippen LogP contribution is -2.30. The van der Waals surface area contributed by atoms with E-state index in [0.717, 1.165) is 52.7 Å². The molecule has 1 aliphatic rings. The Bertz CT molecular complexity index is 1430. The monoisotopic (exact) mass is 539 g/mol. The first-order valence-corrected chi connectivity index (χ1v) is 12.2. The first-order chi connectivity index (χ1) is 16.9. The molecule has 4 aromatic rings. The zero-order valence-electron chi connectivity index (χ0n) is 19.2. The molecule has 1 saturated carbocycles. The third-order valence-corrected chi connectivity index (χ3v) is 7.63. The number of Topliss-reactive ketones (excluding diaryl/α,β-unsaturated/α-hetero) is 1. The molecule has 8 nitrogen and oxygen atoms in total. The Morgan fingerprint density at radius 1 is 1.23 bits per heavy atom. The van der Waals surface area contributed by atoms with E-state index in [-0.39, 0.29) is 23.4 Å². The van der Waals surface area contributed by atoms with Gasteiger partial charge in [-0.2, -0.15) is 9.61 Å². The summed E-state index contributed by atoms with van der Waals surface area (Å²) in [5, 5.41) is 13.6. The smallest absolute Gasteiger partial charge is 0.213 e. The Labute approximate surface area is 209 Å². The summed E-state index contributed by atoms with van der Waals surface area (Å²) in [5.41, 5.74) is 11.2. The van der Waals surface area contributed by atoms with Crippen LogP contribution in [0.3, 0.4) is 0 Å². The van der Waals surface area contributed by atoms with E-state index in [1.807, 2.05) is 29.9 Å². The Balaban J connectivity index is 1.51. The van der Waals surface area contributed by atoms with Crippen LogP contribution in [0, 0.1) is 11.7 Å². The molecule has 0 bridgehead atoms. The second-order valence-electron chi connectivity index (χ2n) is 8.97. The number of ketones is 1. The molecule has 1 fully saturated rings. The van der Waals surface area contributed by atoms with Gasteiger partial charge in [0.25, 0.3) is 0 Å². The van der Waals surface area contributed by atoms with E-state index in [2.05, 4.69) is 26.0 Å². The van der Waals surface area contributed by atoms with Gasteiger partial charge in [-0.25, -0.2) is 13.9 Å². The number of aryl methyl sites for hydroxylation is 1. The molecule has 4 heterocycles. The van der Waals surface area contributed by atoms with Crippen LogP contribution in [0.15, 0.2) is 47.5 Å². The number of carbonyl (C=O) groups excluding carboxylic acids is 1. The number of hydrogen-bond acceptors (Lipinski definition) is 6. The maximum Gasteiger partial charge on any atom is 0.213 e. The normalized spacial score (nSPS) is 18.2. The average Bonchev–Trinajstić information content (AvgIpc) is 3.30.